The summed E-state index contributed by atoms with van der Waals surface area (Å²) in [6, 6.07) is 4.01. The average molecular weight is 234 g/mol. The lowest BCUT2D eigenvalue weighted by molar-refractivity contribution is 0.280. The van der Waals surface area contributed by atoms with Gasteiger partial charge in [-0.05, 0) is 36.8 Å². The number of anilines is 1. The molecule has 2 heterocycles. The first kappa shape index (κ1) is 12.4. The number of hydrogen-bond donors (Lipinski definition) is 1. The summed E-state index contributed by atoms with van der Waals surface area (Å²) >= 11 is 0. The Hall–Kier alpha value is -1.09. The predicted molar refractivity (Wildman–Crippen MR) is 70.1 cm³/mol. The minimum absolute atomic E-state index is 0.0740. The smallest absolute Gasteiger partial charge is 0.128 e. The van der Waals surface area contributed by atoms with Gasteiger partial charge in [0, 0.05) is 18.8 Å². The van der Waals surface area contributed by atoms with Gasteiger partial charge in [-0.1, -0.05) is 19.9 Å². The van der Waals surface area contributed by atoms with Crippen LogP contribution in [0.2, 0.25) is 0 Å². The van der Waals surface area contributed by atoms with E-state index < -0.39 is 0 Å². The molecular formula is C14H22N2O. The number of aryl methyl sites for hydroxylation is 1. The standard InChI is InChI=1S/C14H22N2O/c1-11-12(9-17)5-6-13(15-11)16-8-4-7-14(2,3)10-16/h5-6,17H,4,7-10H2,1-3H3. The molecule has 3 heteroatoms. The van der Waals surface area contributed by atoms with Gasteiger partial charge in [-0.25, -0.2) is 4.98 Å². The molecule has 0 bridgehead atoms. The normalized spacial score (nSPS) is 19.4. The number of nitrogens with zero attached hydrogens (tertiary/aromatic N) is 2. The molecule has 1 N–H and O–H groups in total. The zero-order valence-corrected chi connectivity index (χ0v) is 11.0. The molecule has 0 unspecified atom stereocenters. The van der Waals surface area contributed by atoms with Crippen molar-refractivity contribution in [3.05, 3.63) is 23.4 Å². The van der Waals surface area contributed by atoms with Crippen LogP contribution in [0.4, 0.5) is 5.82 Å². The highest BCUT2D eigenvalue weighted by atomic mass is 16.3. The molecule has 1 aliphatic heterocycles. The lowest BCUT2D eigenvalue weighted by Crippen LogP contribution is -2.40. The van der Waals surface area contributed by atoms with Gasteiger partial charge >= 0.3 is 0 Å². The Morgan fingerprint density at radius 3 is 2.76 bits per heavy atom. The van der Waals surface area contributed by atoms with Crippen LogP contribution in [-0.4, -0.2) is 23.2 Å². The van der Waals surface area contributed by atoms with Crippen molar-refractivity contribution < 1.29 is 5.11 Å². The lowest BCUT2D eigenvalue weighted by Gasteiger charge is -2.38. The third-order valence-electron chi connectivity index (χ3n) is 3.58. The molecule has 0 atom stereocenters. The van der Waals surface area contributed by atoms with E-state index in [1.54, 1.807) is 0 Å². The van der Waals surface area contributed by atoms with E-state index in [1.165, 1.54) is 12.8 Å². The fourth-order valence-corrected chi connectivity index (χ4v) is 2.54. The Kier molecular flexibility index (Phi) is 3.38. The Bertz CT molecular complexity index is 401. The maximum atomic E-state index is 9.15. The van der Waals surface area contributed by atoms with E-state index in [0.717, 1.165) is 30.2 Å². The first-order chi connectivity index (χ1) is 8.02. The number of hydrogen-bond acceptors (Lipinski definition) is 3. The summed E-state index contributed by atoms with van der Waals surface area (Å²) in [4.78, 5) is 6.96. The quantitative estimate of drug-likeness (QED) is 0.854. The van der Waals surface area contributed by atoms with E-state index in [1.807, 2.05) is 19.1 Å². The van der Waals surface area contributed by atoms with Gasteiger partial charge < -0.3 is 10.0 Å². The van der Waals surface area contributed by atoms with E-state index in [2.05, 4.69) is 23.7 Å². The summed E-state index contributed by atoms with van der Waals surface area (Å²) in [5.41, 5.74) is 2.24. The van der Waals surface area contributed by atoms with Gasteiger partial charge in [0.2, 0.25) is 0 Å². The average Bonchev–Trinajstić information content (AvgIpc) is 2.27. The number of pyridine rings is 1. The van der Waals surface area contributed by atoms with Crippen molar-refractivity contribution in [3.63, 3.8) is 0 Å². The lowest BCUT2D eigenvalue weighted by atomic mass is 9.84. The number of rotatable bonds is 2. The van der Waals surface area contributed by atoms with Crippen LogP contribution < -0.4 is 4.90 Å². The topological polar surface area (TPSA) is 36.4 Å². The molecule has 1 saturated heterocycles. The molecular weight excluding hydrogens is 212 g/mol. The zero-order chi connectivity index (χ0) is 12.5. The van der Waals surface area contributed by atoms with Gasteiger partial charge in [0.15, 0.2) is 0 Å². The van der Waals surface area contributed by atoms with Crippen molar-refractivity contribution >= 4 is 5.82 Å². The van der Waals surface area contributed by atoms with Crippen molar-refractivity contribution in [3.8, 4) is 0 Å². The number of piperidine rings is 1. The largest absolute Gasteiger partial charge is 0.392 e. The molecule has 17 heavy (non-hydrogen) atoms. The molecule has 1 aromatic heterocycles. The number of aliphatic hydroxyl groups excluding tert-OH is 1. The van der Waals surface area contributed by atoms with Gasteiger partial charge in [0.25, 0.3) is 0 Å². The Labute approximate surface area is 103 Å². The summed E-state index contributed by atoms with van der Waals surface area (Å²) < 4.78 is 0. The number of aliphatic hydroxyl groups is 1. The summed E-state index contributed by atoms with van der Waals surface area (Å²) in [7, 11) is 0. The predicted octanol–water partition coefficient (Wildman–Crippen LogP) is 2.51. The minimum atomic E-state index is 0.0740. The van der Waals surface area contributed by atoms with Gasteiger partial charge in [-0.15, -0.1) is 0 Å². The molecule has 0 saturated carbocycles. The van der Waals surface area contributed by atoms with Crippen LogP contribution in [0.5, 0.6) is 0 Å². The van der Waals surface area contributed by atoms with Crippen molar-refractivity contribution in [2.24, 2.45) is 5.41 Å². The molecule has 3 nitrogen and oxygen atoms in total. The summed E-state index contributed by atoms with van der Waals surface area (Å²) in [5, 5.41) is 9.15. The Balaban J connectivity index is 2.19. The van der Waals surface area contributed by atoms with E-state index in [0.29, 0.717) is 5.41 Å². The van der Waals surface area contributed by atoms with Crippen molar-refractivity contribution in [1.29, 1.82) is 0 Å². The molecule has 0 amide bonds. The Morgan fingerprint density at radius 1 is 1.41 bits per heavy atom. The molecule has 94 valence electrons. The van der Waals surface area contributed by atoms with Crippen LogP contribution in [0.1, 0.15) is 37.9 Å². The van der Waals surface area contributed by atoms with Crippen LogP contribution >= 0.6 is 0 Å². The van der Waals surface area contributed by atoms with Crippen LogP contribution in [-0.2, 0) is 6.61 Å². The van der Waals surface area contributed by atoms with E-state index in [9.17, 15) is 0 Å². The highest BCUT2D eigenvalue weighted by Gasteiger charge is 2.27. The monoisotopic (exact) mass is 234 g/mol. The fraction of sp³-hybridized carbons (Fsp3) is 0.643. The maximum Gasteiger partial charge on any atom is 0.128 e. The molecule has 0 radical (unpaired) electrons. The molecule has 0 aliphatic carbocycles. The molecule has 0 aromatic carbocycles. The van der Waals surface area contributed by atoms with Crippen LogP contribution in [0.25, 0.3) is 0 Å². The van der Waals surface area contributed by atoms with Crippen molar-refractivity contribution in [2.75, 3.05) is 18.0 Å². The zero-order valence-electron chi connectivity index (χ0n) is 11.0. The molecule has 1 aromatic rings. The van der Waals surface area contributed by atoms with Crippen LogP contribution in [0, 0.1) is 12.3 Å². The Morgan fingerprint density at radius 2 is 2.18 bits per heavy atom. The maximum absolute atomic E-state index is 9.15. The first-order valence-corrected chi connectivity index (χ1v) is 6.34. The second kappa shape index (κ2) is 4.65. The van der Waals surface area contributed by atoms with Gasteiger partial charge in [-0.3, -0.25) is 0 Å². The van der Waals surface area contributed by atoms with Gasteiger partial charge in [0.05, 0.1) is 6.61 Å². The van der Waals surface area contributed by atoms with E-state index >= 15 is 0 Å². The molecule has 0 spiro atoms. The minimum Gasteiger partial charge on any atom is -0.392 e. The number of aromatic nitrogens is 1. The summed E-state index contributed by atoms with van der Waals surface area (Å²) in [6.45, 7) is 8.82. The van der Waals surface area contributed by atoms with Crippen molar-refractivity contribution in [1.82, 2.24) is 4.98 Å². The van der Waals surface area contributed by atoms with E-state index in [4.69, 9.17) is 5.11 Å². The highest BCUT2D eigenvalue weighted by Crippen LogP contribution is 2.31. The second-order valence-corrected chi connectivity index (χ2v) is 5.76. The SMILES string of the molecule is Cc1nc(N2CCCC(C)(C)C2)ccc1CO. The summed E-state index contributed by atoms with van der Waals surface area (Å²) in [6.07, 6.45) is 2.52. The van der Waals surface area contributed by atoms with E-state index in [-0.39, 0.29) is 6.61 Å². The van der Waals surface area contributed by atoms with Gasteiger partial charge in [0.1, 0.15) is 5.82 Å². The van der Waals surface area contributed by atoms with Gasteiger partial charge in [-0.2, -0.15) is 0 Å². The third kappa shape index (κ3) is 2.78. The van der Waals surface area contributed by atoms with Crippen LogP contribution in [0.3, 0.4) is 0 Å². The van der Waals surface area contributed by atoms with Crippen LogP contribution in [0.15, 0.2) is 12.1 Å². The molecule has 2 rings (SSSR count). The van der Waals surface area contributed by atoms with Crippen molar-refractivity contribution in [2.45, 2.75) is 40.2 Å². The molecule has 1 fully saturated rings. The fourth-order valence-electron chi connectivity index (χ4n) is 2.54. The molecule has 1 aliphatic rings. The first-order valence-electron chi connectivity index (χ1n) is 6.34. The second-order valence-electron chi connectivity index (χ2n) is 5.76. The third-order valence-corrected chi connectivity index (χ3v) is 3.58. The highest BCUT2D eigenvalue weighted by molar-refractivity contribution is 5.42. The summed E-state index contributed by atoms with van der Waals surface area (Å²) in [5.74, 6) is 1.05.